The second-order valence-electron chi connectivity index (χ2n) is 7.45. The molecule has 0 unspecified atom stereocenters. The van der Waals surface area contributed by atoms with Crippen molar-refractivity contribution in [3.8, 4) is 5.69 Å². The Morgan fingerprint density at radius 3 is 2.75 bits per heavy atom. The number of carbonyl (C=O) groups is 1. The minimum absolute atomic E-state index is 0.0159. The van der Waals surface area contributed by atoms with Crippen molar-refractivity contribution in [2.45, 2.75) is 20.8 Å². The number of amides is 1. The maximum atomic E-state index is 12.8. The van der Waals surface area contributed by atoms with Crippen LogP contribution in [0.2, 0.25) is 5.02 Å². The van der Waals surface area contributed by atoms with Crippen molar-refractivity contribution in [3.05, 3.63) is 81.5 Å². The Balaban J connectivity index is 1.55. The Morgan fingerprint density at radius 1 is 1.19 bits per heavy atom. The lowest BCUT2D eigenvalue weighted by Gasteiger charge is -2.20. The fraction of sp³-hybridized carbons (Fsp3) is 0.130. The van der Waals surface area contributed by atoms with Gasteiger partial charge in [-0.2, -0.15) is 15.1 Å². The Hall–Kier alpha value is -3.36. The zero-order valence-electron chi connectivity index (χ0n) is 17.5. The normalized spacial score (nSPS) is 17.1. The summed E-state index contributed by atoms with van der Waals surface area (Å²) in [6.45, 7) is 5.95. The van der Waals surface area contributed by atoms with Crippen LogP contribution in [0.1, 0.15) is 28.3 Å². The SMILES string of the molecule is Cc1c(Cl)cccc1-n1c(C)cc(C=C2C(=N)N3N=C(c4ccco4)SC3=NC2=O)c1C. The zero-order valence-corrected chi connectivity index (χ0v) is 19.1. The average Bonchev–Trinajstić information content (AvgIpc) is 3.48. The van der Waals surface area contributed by atoms with Gasteiger partial charge in [0.2, 0.25) is 5.17 Å². The fourth-order valence-corrected chi connectivity index (χ4v) is 4.82. The van der Waals surface area contributed by atoms with Crippen LogP contribution in [-0.4, -0.2) is 31.5 Å². The smallest absolute Gasteiger partial charge is 0.283 e. The van der Waals surface area contributed by atoms with Crippen LogP contribution >= 0.6 is 23.4 Å². The first-order chi connectivity index (χ1) is 15.3. The Morgan fingerprint density at radius 2 is 2.00 bits per heavy atom. The summed E-state index contributed by atoms with van der Waals surface area (Å²) in [6.07, 6.45) is 3.26. The van der Waals surface area contributed by atoms with E-state index >= 15 is 0 Å². The molecule has 0 radical (unpaired) electrons. The number of hydrazone groups is 1. The summed E-state index contributed by atoms with van der Waals surface area (Å²) in [5, 5.41) is 16.0. The van der Waals surface area contributed by atoms with Crippen molar-refractivity contribution in [3.63, 3.8) is 0 Å². The molecule has 1 aromatic carbocycles. The molecule has 0 bridgehead atoms. The first-order valence-electron chi connectivity index (χ1n) is 9.83. The van der Waals surface area contributed by atoms with Gasteiger partial charge in [0, 0.05) is 22.1 Å². The van der Waals surface area contributed by atoms with Crippen LogP contribution in [-0.2, 0) is 4.79 Å². The second kappa shape index (κ2) is 7.65. The van der Waals surface area contributed by atoms with E-state index in [9.17, 15) is 4.79 Å². The molecule has 2 aliphatic rings. The van der Waals surface area contributed by atoms with E-state index in [0.29, 0.717) is 21.0 Å². The van der Waals surface area contributed by atoms with E-state index in [1.54, 1.807) is 24.5 Å². The third kappa shape index (κ3) is 3.23. The molecular formula is C23H18ClN5O2S. The molecular weight excluding hydrogens is 446 g/mol. The Kier molecular flexibility index (Phi) is 4.91. The molecule has 0 atom stereocenters. The number of furan rings is 1. The highest BCUT2D eigenvalue weighted by atomic mass is 35.5. The number of fused-ring (bicyclic) bond motifs is 1. The van der Waals surface area contributed by atoms with Gasteiger partial charge in [0.15, 0.2) is 16.6 Å². The molecule has 9 heteroatoms. The van der Waals surface area contributed by atoms with E-state index in [2.05, 4.69) is 14.7 Å². The largest absolute Gasteiger partial charge is 0.462 e. The van der Waals surface area contributed by atoms with Crippen LogP contribution in [0.4, 0.5) is 0 Å². The minimum atomic E-state index is -0.464. The molecule has 0 spiro atoms. The predicted octanol–water partition coefficient (Wildman–Crippen LogP) is 5.32. The van der Waals surface area contributed by atoms with Crippen LogP contribution in [0, 0.1) is 26.2 Å². The van der Waals surface area contributed by atoms with E-state index in [4.69, 9.17) is 21.4 Å². The number of aromatic nitrogens is 1. The highest BCUT2D eigenvalue weighted by Gasteiger charge is 2.36. The molecule has 0 aliphatic carbocycles. The van der Waals surface area contributed by atoms with Gasteiger partial charge >= 0.3 is 0 Å². The highest BCUT2D eigenvalue weighted by Crippen LogP contribution is 2.32. The van der Waals surface area contributed by atoms with Crippen LogP contribution in [0.25, 0.3) is 11.8 Å². The van der Waals surface area contributed by atoms with Crippen molar-refractivity contribution in [2.75, 3.05) is 0 Å². The standard InChI is InChI=1S/C23H18ClN5O2S/c1-12-10-15(14(3)28(12)18-7-4-6-17(24)13(18)2)11-16-20(25)29-23(26-21(16)30)32-22(27-29)19-8-5-9-31-19/h4-11,25H,1-3H3. The van der Waals surface area contributed by atoms with Crippen LogP contribution in [0.15, 0.2) is 62.7 Å². The topological polar surface area (TPSA) is 86.9 Å². The summed E-state index contributed by atoms with van der Waals surface area (Å²) in [6, 6.07) is 11.3. The van der Waals surface area contributed by atoms with Gasteiger partial charge < -0.3 is 8.98 Å². The number of aliphatic imine (C=N–C) groups is 1. The first kappa shape index (κ1) is 20.5. The van der Waals surface area contributed by atoms with Crippen LogP contribution in [0.3, 0.4) is 0 Å². The van der Waals surface area contributed by atoms with Crippen molar-refractivity contribution in [1.82, 2.24) is 9.58 Å². The van der Waals surface area contributed by atoms with Gasteiger partial charge in [-0.3, -0.25) is 10.2 Å². The lowest BCUT2D eigenvalue weighted by molar-refractivity contribution is -0.114. The summed E-state index contributed by atoms with van der Waals surface area (Å²) < 4.78 is 7.48. The summed E-state index contributed by atoms with van der Waals surface area (Å²) >= 11 is 7.53. The number of nitrogens with one attached hydrogen (secondary N) is 1. The molecule has 160 valence electrons. The van der Waals surface area contributed by atoms with Gasteiger partial charge in [0.1, 0.15) is 0 Å². The molecule has 2 aliphatic heterocycles. The summed E-state index contributed by atoms with van der Waals surface area (Å²) in [4.78, 5) is 16.9. The van der Waals surface area contributed by atoms with Crippen molar-refractivity contribution in [1.29, 1.82) is 5.41 Å². The van der Waals surface area contributed by atoms with Gasteiger partial charge in [-0.1, -0.05) is 17.7 Å². The number of rotatable bonds is 3. The summed E-state index contributed by atoms with van der Waals surface area (Å²) in [7, 11) is 0. The maximum absolute atomic E-state index is 12.8. The molecule has 5 rings (SSSR count). The van der Waals surface area contributed by atoms with E-state index < -0.39 is 5.91 Å². The number of thioether (sulfide) groups is 1. The number of aryl methyl sites for hydroxylation is 1. The van der Waals surface area contributed by atoms with Crippen molar-refractivity contribution < 1.29 is 9.21 Å². The first-order valence-corrected chi connectivity index (χ1v) is 11.0. The van der Waals surface area contributed by atoms with E-state index in [1.165, 1.54) is 16.8 Å². The van der Waals surface area contributed by atoms with Crippen LogP contribution in [0.5, 0.6) is 0 Å². The number of hydrogen-bond donors (Lipinski definition) is 1. The number of benzene rings is 1. The number of amidine groups is 2. The molecule has 1 N–H and O–H groups in total. The van der Waals surface area contributed by atoms with Crippen LogP contribution < -0.4 is 0 Å². The summed E-state index contributed by atoms with van der Waals surface area (Å²) in [5.74, 6) is 0.0875. The van der Waals surface area contributed by atoms with E-state index in [-0.39, 0.29) is 11.4 Å². The van der Waals surface area contributed by atoms with Gasteiger partial charge in [0.05, 0.1) is 11.8 Å². The molecule has 7 nitrogen and oxygen atoms in total. The maximum Gasteiger partial charge on any atom is 0.283 e. The predicted molar refractivity (Wildman–Crippen MR) is 128 cm³/mol. The third-order valence-electron chi connectivity index (χ3n) is 5.44. The molecule has 32 heavy (non-hydrogen) atoms. The van der Waals surface area contributed by atoms with Crippen molar-refractivity contribution in [2.24, 2.45) is 10.1 Å². The van der Waals surface area contributed by atoms with E-state index in [0.717, 1.165) is 28.2 Å². The molecule has 4 heterocycles. The molecule has 0 saturated heterocycles. The fourth-order valence-electron chi connectivity index (χ4n) is 3.79. The zero-order chi connectivity index (χ0) is 22.6. The van der Waals surface area contributed by atoms with Gasteiger partial charge in [-0.05, 0) is 80.1 Å². The van der Waals surface area contributed by atoms with Gasteiger partial charge in [-0.25, -0.2) is 0 Å². The highest BCUT2D eigenvalue weighted by molar-refractivity contribution is 8.27. The minimum Gasteiger partial charge on any atom is -0.462 e. The number of carbonyl (C=O) groups excluding carboxylic acids is 1. The quantitative estimate of drug-likeness (QED) is 0.533. The molecule has 2 aromatic heterocycles. The Labute approximate surface area is 193 Å². The Bertz CT molecular complexity index is 1380. The average molecular weight is 464 g/mol. The van der Waals surface area contributed by atoms with Gasteiger partial charge in [-0.15, -0.1) is 0 Å². The second-order valence-corrected chi connectivity index (χ2v) is 8.81. The molecule has 3 aromatic rings. The molecule has 0 fully saturated rings. The van der Waals surface area contributed by atoms with E-state index in [1.807, 2.05) is 45.0 Å². The molecule has 0 saturated carbocycles. The summed E-state index contributed by atoms with van der Waals surface area (Å²) in [5.41, 5.74) is 4.89. The molecule has 1 amide bonds. The number of hydrogen-bond acceptors (Lipinski definition) is 5. The number of nitrogens with zero attached hydrogens (tertiary/aromatic N) is 4. The van der Waals surface area contributed by atoms with Crippen molar-refractivity contribution >= 4 is 51.4 Å². The lowest BCUT2D eigenvalue weighted by atomic mass is 10.1. The van der Waals surface area contributed by atoms with Gasteiger partial charge in [0.25, 0.3) is 5.91 Å². The third-order valence-corrected chi connectivity index (χ3v) is 6.77. The lowest BCUT2D eigenvalue weighted by Crippen LogP contribution is -2.35. The number of halogens is 1. The monoisotopic (exact) mass is 463 g/mol.